The van der Waals surface area contributed by atoms with E-state index in [0.717, 1.165) is 27.7 Å². The van der Waals surface area contributed by atoms with Crippen LogP contribution in [0.15, 0.2) is 46.9 Å². The van der Waals surface area contributed by atoms with E-state index >= 15 is 0 Å². The molecule has 0 radical (unpaired) electrons. The zero-order valence-corrected chi connectivity index (χ0v) is 13.0. The van der Waals surface area contributed by atoms with Crippen molar-refractivity contribution in [2.45, 2.75) is 13.1 Å². The maximum atomic E-state index is 12.8. The van der Waals surface area contributed by atoms with E-state index < -0.39 is 11.7 Å². The summed E-state index contributed by atoms with van der Waals surface area (Å²) in [6.07, 6.45) is -4.38. The van der Waals surface area contributed by atoms with Gasteiger partial charge in [0.15, 0.2) is 5.82 Å². The SMILES string of the molecule is Cc1nc(-c2cccc(C(F)(F)F)c2)nc2cc(Br)ccc12. The molecule has 0 unspecified atom stereocenters. The first-order valence-electron chi connectivity index (χ1n) is 6.46. The average Bonchev–Trinajstić information content (AvgIpc) is 2.46. The molecule has 112 valence electrons. The number of nitrogens with zero attached hydrogens (tertiary/aromatic N) is 2. The minimum absolute atomic E-state index is 0.286. The maximum Gasteiger partial charge on any atom is 0.416 e. The van der Waals surface area contributed by atoms with E-state index in [4.69, 9.17) is 0 Å². The smallest absolute Gasteiger partial charge is 0.233 e. The number of hydrogen-bond acceptors (Lipinski definition) is 2. The van der Waals surface area contributed by atoms with Gasteiger partial charge < -0.3 is 0 Å². The molecule has 22 heavy (non-hydrogen) atoms. The van der Waals surface area contributed by atoms with Crippen molar-refractivity contribution in [1.29, 1.82) is 0 Å². The van der Waals surface area contributed by atoms with Gasteiger partial charge in [-0.25, -0.2) is 9.97 Å². The summed E-state index contributed by atoms with van der Waals surface area (Å²) >= 11 is 3.37. The third-order valence-corrected chi connectivity index (χ3v) is 3.79. The summed E-state index contributed by atoms with van der Waals surface area (Å²) in [6, 6.07) is 10.6. The molecule has 0 aliphatic rings. The van der Waals surface area contributed by atoms with Crippen LogP contribution < -0.4 is 0 Å². The maximum absolute atomic E-state index is 12.8. The van der Waals surface area contributed by atoms with Gasteiger partial charge in [0.05, 0.1) is 11.1 Å². The normalized spacial score (nSPS) is 11.9. The third-order valence-electron chi connectivity index (χ3n) is 3.30. The zero-order chi connectivity index (χ0) is 15.9. The van der Waals surface area contributed by atoms with Crippen molar-refractivity contribution in [2.75, 3.05) is 0 Å². The number of fused-ring (bicyclic) bond motifs is 1. The minimum Gasteiger partial charge on any atom is -0.233 e. The highest BCUT2D eigenvalue weighted by Gasteiger charge is 2.30. The summed E-state index contributed by atoms with van der Waals surface area (Å²) < 4.78 is 39.3. The molecule has 1 aromatic heterocycles. The first-order valence-corrected chi connectivity index (χ1v) is 7.25. The predicted octanol–water partition coefficient (Wildman–Crippen LogP) is 5.39. The van der Waals surface area contributed by atoms with Crippen molar-refractivity contribution < 1.29 is 13.2 Å². The Bertz CT molecular complexity index is 860. The average molecular weight is 367 g/mol. The van der Waals surface area contributed by atoms with E-state index in [1.165, 1.54) is 6.07 Å². The van der Waals surface area contributed by atoms with E-state index in [-0.39, 0.29) is 5.82 Å². The van der Waals surface area contributed by atoms with Crippen LogP contribution in [0.2, 0.25) is 0 Å². The van der Waals surface area contributed by atoms with Gasteiger partial charge >= 0.3 is 6.18 Å². The molecule has 2 nitrogen and oxygen atoms in total. The molecule has 0 amide bonds. The summed E-state index contributed by atoms with van der Waals surface area (Å²) in [4.78, 5) is 8.71. The number of aromatic nitrogens is 2. The van der Waals surface area contributed by atoms with E-state index in [1.54, 1.807) is 6.07 Å². The Kier molecular flexibility index (Phi) is 3.64. The summed E-state index contributed by atoms with van der Waals surface area (Å²) in [7, 11) is 0. The third kappa shape index (κ3) is 2.83. The standard InChI is InChI=1S/C16H10BrF3N2/c1-9-13-6-5-12(17)8-14(13)22-15(21-9)10-3-2-4-11(7-10)16(18,19)20/h2-8H,1H3. The van der Waals surface area contributed by atoms with Crippen molar-refractivity contribution >= 4 is 26.8 Å². The molecule has 0 N–H and O–H groups in total. The molecule has 0 aliphatic heterocycles. The molecule has 6 heteroatoms. The lowest BCUT2D eigenvalue weighted by Gasteiger charge is -2.09. The van der Waals surface area contributed by atoms with Gasteiger partial charge in [-0.2, -0.15) is 13.2 Å². The van der Waals surface area contributed by atoms with E-state index in [9.17, 15) is 13.2 Å². The lowest BCUT2D eigenvalue weighted by Crippen LogP contribution is -2.05. The van der Waals surface area contributed by atoms with Gasteiger partial charge in [0.1, 0.15) is 0 Å². The van der Waals surface area contributed by atoms with Crippen LogP contribution in [-0.2, 0) is 6.18 Å². The van der Waals surface area contributed by atoms with Gasteiger partial charge in [-0.3, -0.25) is 0 Å². The number of halogens is 4. The molecule has 0 saturated carbocycles. The van der Waals surface area contributed by atoms with E-state index in [1.807, 2.05) is 25.1 Å². The number of aryl methyl sites for hydroxylation is 1. The lowest BCUT2D eigenvalue weighted by molar-refractivity contribution is -0.137. The van der Waals surface area contributed by atoms with Crippen LogP contribution in [0.25, 0.3) is 22.3 Å². The fourth-order valence-electron chi connectivity index (χ4n) is 2.23. The largest absolute Gasteiger partial charge is 0.416 e. The Morgan fingerprint density at radius 3 is 2.50 bits per heavy atom. The van der Waals surface area contributed by atoms with E-state index in [2.05, 4.69) is 25.9 Å². The fraction of sp³-hybridized carbons (Fsp3) is 0.125. The van der Waals surface area contributed by atoms with Gasteiger partial charge in [-0.1, -0.05) is 28.1 Å². The molecule has 0 fully saturated rings. The molecule has 3 rings (SSSR count). The molecule has 3 aromatic rings. The van der Waals surface area contributed by atoms with Crippen LogP contribution in [0.3, 0.4) is 0 Å². The van der Waals surface area contributed by atoms with Crippen molar-refractivity contribution in [3.63, 3.8) is 0 Å². The van der Waals surface area contributed by atoms with Crippen molar-refractivity contribution in [2.24, 2.45) is 0 Å². The number of hydrogen-bond donors (Lipinski definition) is 0. The monoisotopic (exact) mass is 366 g/mol. The Balaban J connectivity index is 2.18. The van der Waals surface area contributed by atoms with Gasteiger partial charge in [-0.05, 0) is 37.3 Å². The Hall–Kier alpha value is -1.95. The minimum atomic E-state index is -4.38. The van der Waals surface area contributed by atoms with Crippen LogP contribution in [-0.4, -0.2) is 9.97 Å². The highest BCUT2D eigenvalue weighted by Crippen LogP contribution is 2.32. The molecule has 0 spiro atoms. The Morgan fingerprint density at radius 2 is 1.77 bits per heavy atom. The van der Waals surface area contributed by atoms with Crippen molar-refractivity contribution in [1.82, 2.24) is 9.97 Å². The van der Waals surface area contributed by atoms with Gasteiger partial charge in [0, 0.05) is 21.1 Å². The van der Waals surface area contributed by atoms with Gasteiger partial charge in [0.25, 0.3) is 0 Å². The number of benzene rings is 2. The van der Waals surface area contributed by atoms with Crippen LogP contribution in [0.1, 0.15) is 11.3 Å². The number of alkyl halides is 3. The second-order valence-electron chi connectivity index (χ2n) is 4.87. The molecule has 0 bridgehead atoms. The molecular weight excluding hydrogens is 357 g/mol. The van der Waals surface area contributed by atoms with Crippen molar-refractivity contribution in [3.8, 4) is 11.4 Å². The molecule has 0 aliphatic carbocycles. The molecule has 1 heterocycles. The highest BCUT2D eigenvalue weighted by atomic mass is 79.9. The zero-order valence-electron chi connectivity index (χ0n) is 11.4. The summed E-state index contributed by atoms with van der Waals surface area (Å²) in [5, 5.41) is 0.874. The van der Waals surface area contributed by atoms with Crippen LogP contribution in [0, 0.1) is 6.92 Å². The Morgan fingerprint density at radius 1 is 1.00 bits per heavy atom. The fourth-order valence-corrected chi connectivity index (χ4v) is 2.57. The quantitative estimate of drug-likeness (QED) is 0.577. The second kappa shape index (κ2) is 5.35. The topological polar surface area (TPSA) is 25.8 Å². The second-order valence-corrected chi connectivity index (χ2v) is 5.79. The number of rotatable bonds is 1. The molecular formula is C16H10BrF3N2. The summed E-state index contributed by atoms with van der Waals surface area (Å²) in [5.74, 6) is 0.286. The van der Waals surface area contributed by atoms with Crippen LogP contribution in [0.4, 0.5) is 13.2 Å². The first kappa shape index (κ1) is 15.0. The van der Waals surface area contributed by atoms with Crippen LogP contribution >= 0.6 is 15.9 Å². The van der Waals surface area contributed by atoms with E-state index in [0.29, 0.717) is 11.1 Å². The van der Waals surface area contributed by atoms with Gasteiger partial charge in [0.2, 0.25) is 0 Å². The Labute approximate surface area is 133 Å². The van der Waals surface area contributed by atoms with Crippen LogP contribution in [0.5, 0.6) is 0 Å². The molecule has 0 atom stereocenters. The van der Waals surface area contributed by atoms with Crippen molar-refractivity contribution in [3.05, 3.63) is 58.2 Å². The lowest BCUT2D eigenvalue weighted by atomic mass is 10.1. The highest BCUT2D eigenvalue weighted by molar-refractivity contribution is 9.10. The molecule has 2 aromatic carbocycles. The first-order chi connectivity index (χ1) is 10.3. The van der Waals surface area contributed by atoms with Gasteiger partial charge in [-0.15, -0.1) is 0 Å². The summed E-state index contributed by atoms with van der Waals surface area (Å²) in [6.45, 7) is 1.81. The predicted molar refractivity (Wildman–Crippen MR) is 82.4 cm³/mol. The molecule has 0 saturated heterocycles. The summed E-state index contributed by atoms with van der Waals surface area (Å²) in [5.41, 5.74) is 1.06.